The van der Waals surface area contributed by atoms with Crippen LogP contribution >= 0.6 is 0 Å². The number of methoxy groups -OCH3 is 1. The van der Waals surface area contributed by atoms with Crippen LogP contribution in [0, 0.1) is 0 Å². The van der Waals surface area contributed by atoms with Crippen LogP contribution in [-0.4, -0.2) is 56.9 Å². The topological polar surface area (TPSA) is 57.2 Å². The van der Waals surface area contributed by atoms with Crippen LogP contribution in [0.4, 0.5) is 5.69 Å². The van der Waals surface area contributed by atoms with Crippen LogP contribution in [0.1, 0.15) is 12.0 Å². The smallest absolute Gasteiger partial charge is 0.241 e. The van der Waals surface area contributed by atoms with E-state index in [1.807, 2.05) is 36.4 Å². The van der Waals surface area contributed by atoms with Crippen molar-refractivity contribution < 1.29 is 9.53 Å². The molecule has 1 aliphatic heterocycles. The van der Waals surface area contributed by atoms with Gasteiger partial charge in [-0.05, 0) is 30.4 Å². The molecule has 3 rings (SSSR count). The molecule has 152 valence electrons. The molecule has 0 aliphatic carbocycles. The van der Waals surface area contributed by atoms with Crippen molar-refractivity contribution in [3.63, 3.8) is 0 Å². The number of nitrogens with zero attached hydrogens (tertiary/aromatic N) is 3. The van der Waals surface area contributed by atoms with Gasteiger partial charge in [-0.3, -0.25) is 9.69 Å². The average Bonchev–Trinajstić information content (AvgIpc) is 2.78. The summed E-state index contributed by atoms with van der Waals surface area (Å²) in [6, 6.07) is 18.2. The lowest BCUT2D eigenvalue weighted by molar-refractivity contribution is -0.121. The molecule has 0 spiro atoms. The molecule has 2 aromatic rings. The van der Waals surface area contributed by atoms with Crippen LogP contribution < -0.4 is 15.1 Å². The second-order valence-electron chi connectivity index (χ2n) is 6.83. The van der Waals surface area contributed by atoms with Gasteiger partial charge >= 0.3 is 0 Å². The molecule has 0 aromatic heterocycles. The molecule has 1 N–H and O–H groups in total. The minimum Gasteiger partial charge on any atom is -0.496 e. The number of nitrogens with one attached hydrogen (secondary N) is 1. The van der Waals surface area contributed by atoms with Gasteiger partial charge in [0, 0.05) is 56.6 Å². The Labute approximate surface area is 172 Å². The molecule has 1 heterocycles. The minimum atomic E-state index is -0.0718. The highest BCUT2D eigenvalue weighted by Crippen LogP contribution is 2.18. The highest BCUT2D eigenvalue weighted by Gasteiger charge is 2.17. The van der Waals surface area contributed by atoms with Gasteiger partial charge in [0.05, 0.1) is 7.11 Å². The van der Waals surface area contributed by atoms with Crippen molar-refractivity contribution in [3.8, 4) is 5.75 Å². The Hall–Kier alpha value is -3.12. The predicted octanol–water partition coefficient (Wildman–Crippen LogP) is 3.02. The van der Waals surface area contributed by atoms with Crippen molar-refractivity contribution >= 4 is 23.9 Å². The van der Waals surface area contributed by atoms with Gasteiger partial charge in [0.15, 0.2) is 0 Å². The second kappa shape index (κ2) is 11.0. The summed E-state index contributed by atoms with van der Waals surface area (Å²) in [6.45, 7) is 4.65. The zero-order valence-corrected chi connectivity index (χ0v) is 16.8. The largest absolute Gasteiger partial charge is 0.496 e. The number of anilines is 1. The Morgan fingerprint density at radius 1 is 1.07 bits per heavy atom. The molecule has 6 heteroatoms. The summed E-state index contributed by atoms with van der Waals surface area (Å²) in [6.07, 6.45) is 5.68. The fourth-order valence-electron chi connectivity index (χ4n) is 3.29. The van der Waals surface area contributed by atoms with Gasteiger partial charge in [-0.1, -0.05) is 36.4 Å². The number of rotatable bonds is 8. The summed E-state index contributed by atoms with van der Waals surface area (Å²) in [7, 11) is 1.64. The second-order valence-corrected chi connectivity index (χ2v) is 6.83. The summed E-state index contributed by atoms with van der Waals surface area (Å²) in [5.41, 5.74) is 4.81. The van der Waals surface area contributed by atoms with Crippen LogP contribution in [-0.2, 0) is 4.79 Å². The first-order valence-corrected chi connectivity index (χ1v) is 9.90. The number of carbonyl (C=O) groups is 1. The summed E-state index contributed by atoms with van der Waals surface area (Å²) >= 11 is 0. The summed E-state index contributed by atoms with van der Waals surface area (Å²) < 4.78 is 5.29. The highest BCUT2D eigenvalue weighted by molar-refractivity contribution is 5.82. The molecule has 6 nitrogen and oxygen atoms in total. The number of piperazine rings is 1. The first-order chi connectivity index (χ1) is 14.3. The minimum absolute atomic E-state index is 0.0718. The normalized spacial score (nSPS) is 15.1. The molecule has 29 heavy (non-hydrogen) atoms. The fourth-order valence-corrected chi connectivity index (χ4v) is 3.29. The number of ether oxygens (including phenoxy) is 1. The van der Waals surface area contributed by atoms with Crippen molar-refractivity contribution in [2.75, 3.05) is 44.7 Å². The van der Waals surface area contributed by atoms with E-state index in [4.69, 9.17) is 4.74 Å². The Bertz CT molecular complexity index is 828. The third-order valence-corrected chi connectivity index (χ3v) is 4.91. The van der Waals surface area contributed by atoms with Gasteiger partial charge in [-0.25, -0.2) is 5.43 Å². The third-order valence-electron chi connectivity index (χ3n) is 4.91. The Morgan fingerprint density at radius 2 is 1.79 bits per heavy atom. The van der Waals surface area contributed by atoms with Crippen LogP contribution in [0.3, 0.4) is 0 Å². The number of hydrogen-bond acceptors (Lipinski definition) is 5. The predicted molar refractivity (Wildman–Crippen MR) is 118 cm³/mol. The van der Waals surface area contributed by atoms with E-state index < -0.39 is 0 Å². The number of allylic oxidation sites excluding steroid dienone is 1. The quantitative estimate of drug-likeness (QED) is 0.554. The van der Waals surface area contributed by atoms with Gasteiger partial charge in [0.1, 0.15) is 5.75 Å². The number of benzene rings is 2. The van der Waals surface area contributed by atoms with E-state index in [1.165, 1.54) is 5.69 Å². The van der Waals surface area contributed by atoms with Crippen molar-refractivity contribution in [2.45, 2.75) is 6.42 Å². The van der Waals surface area contributed by atoms with Crippen LogP contribution in [0.2, 0.25) is 0 Å². The maximum atomic E-state index is 12.0. The van der Waals surface area contributed by atoms with Crippen molar-refractivity contribution in [1.82, 2.24) is 10.3 Å². The standard InChI is InChI=1S/C23H28N4O2/c1-29-22-12-6-5-8-20(22)9-7-14-24-25-23(28)13-15-26-16-18-27(19-17-26)21-10-3-2-4-11-21/h2-12,14H,13,15-19H2,1H3,(H,25,28)/b9-7+,24-14-. The van der Waals surface area contributed by atoms with Crippen molar-refractivity contribution in [2.24, 2.45) is 5.10 Å². The molecule has 1 fully saturated rings. The Balaban J connectivity index is 1.34. The lowest BCUT2D eigenvalue weighted by atomic mass is 10.2. The maximum absolute atomic E-state index is 12.0. The first-order valence-electron chi connectivity index (χ1n) is 9.90. The Kier molecular flexibility index (Phi) is 7.83. The first kappa shape index (κ1) is 20.6. The number of para-hydroxylation sites is 2. The van der Waals surface area contributed by atoms with Crippen LogP contribution in [0.5, 0.6) is 5.75 Å². The molecular formula is C23H28N4O2. The molecule has 1 saturated heterocycles. The lowest BCUT2D eigenvalue weighted by Crippen LogP contribution is -2.47. The van der Waals surface area contributed by atoms with Gasteiger partial charge in [0.25, 0.3) is 0 Å². The molecule has 2 aromatic carbocycles. The van der Waals surface area contributed by atoms with E-state index >= 15 is 0 Å². The van der Waals surface area contributed by atoms with Crippen LogP contribution in [0.25, 0.3) is 6.08 Å². The number of hydrazone groups is 1. The van der Waals surface area contributed by atoms with E-state index in [0.29, 0.717) is 6.42 Å². The van der Waals surface area contributed by atoms with E-state index in [2.05, 4.69) is 44.6 Å². The molecule has 0 unspecified atom stereocenters. The van der Waals surface area contributed by atoms with Crippen molar-refractivity contribution in [3.05, 3.63) is 66.2 Å². The lowest BCUT2D eigenvalue weighted by Gasteiger charge is -2.36. The van der Waals surface area contributed by atoms with Gasteiger partial charge < -0.3 is 9.64 Å². The SMILES string of the molecule is COc1ccccc1/C=C/C=N\NC(=O)CCN1CCN(c2ccccc2)CC1. The average molecular weight is 393 g/mol. The number of amides is 1. The monoisotopic (exact) mass is 392 g/mol. The Morgan fingerprint density at radius 3 is 2.55 bits per heavy atom. The molecule has 1 aliphatic rings. The van der Waals surface area contributed by atoms with Crippen molar-refractivity contribution in [1.29, 1.82) is 0 Å². The van der Waals surface area contributed by atoms with E-state index in [-0.39, 0.29) is 5.91 Å². The highest BCUT2D eigenvalue weighted by atomic mass is 16.5. The number of carbonyl (C=O) groups excluding carboxylic acids is 1. The van der Waals surface area contributed by atoms with Gasteiger partial charge in [-0.15, -0.1) is 0 Å². The molecule has 0 radical (unpaired) electrons. The molecule has 0 bridgehead atoms. The van der Waals surface area contributed by atoms with Gasteiger partial charge in [-0.2, -0.15) is 5.10 Å². The molecule has 0 saturated carbocycles. The molecular weight excluding hydrogens is 364 g/mol. The summed E-state index contributed by atoms with van der Waals surface area (Å²) in [4.78, 5) is 16.7. The zero-order valence-electron chi connectivity index (χ0n) is 16.8. The molecule has 1 amide bonds. The summed E-state index contributed by atoms with van der Waals surface area (Å²) in [5.74, 6) is 0.728. The zero-order chi connectivity index (χ0) is 20.3. The summed E-state index contributed by atoms with van der Waals surface area (Å²) in [5, 5.41) is 3.98. The number of hydrogen-bond donors (Lipinski definition) is 1. The fraction of sp³-hybridized carbons (Fsp3) is 0.304. The maximum Gasteiger partial charge on any atom is 0.241 e. The van der Waals surface area contributed by atoms with Gasteiger partial charge in [0.2, 0.25) is 5.91 Å². The third kappa shape index (κ3) is 6.47. The van der Waals surface area contributed by atoms with E-state index in [9.17, 15) is 4.79 Å². The van der Waals surface area contributed by atoms with E-state index in [1.54, 1.807) is 19.4 Å². The molecule has 0 atom stereocenters. The van der Waals surface area contributed by atoms with Crippen LogP contribution in [0.15, 0.2) is 65.8 Å². The van der Waals surface area contributed by atoms with E-state index in [0.717, 1.165) is 44.0 Å².